The monoisotopic (exact) mass is 402 g/mol. The number of rotatable bonds is 3. The summed E-state index contributed by atoms with van der Waals surface area (Å²) in [5.74, 6) is 1.04. The highest BCUT2D eigenvalue weighted by molar-refractivity contribution is 6.15. The largest absolute Gasteiger partial charge is 0.477 e. The first kappa shape index (κ1) is 18.5. The number of allylic oxidation sites excluding steroid dienone is 1. The van der Waals surface area contributed by atoms with Crippen LogP contribution in [0.25, 0.3) is 6.08 Å². The van der Waals surface area contributed by atoms with Crippen molar-refractivity contribution in [3.63, 3.8) is 0 Å². The van der Waals surface area contributed by atoms with Crippen LogP contribution >= 0.6 is 0 Å². The molecule has 0 unspecified atom stereocenters. The molecule has 0 atom stereocenters. The van der Waals surface area contributed by atoms with Crippen molar-refractivity contribution in [1.29, 1.82) is 0 Å². The predicted octanol–water partition coefficient (Wildman–Crippen LogP) is 4.50. The van der Waals surface area contributed by atoms with Crippen molar-refractivity contribution in [1.82, 2.24) is 9.88 Å². The summed E-state index contributed by atoms with van der Waals surface area (Å²) in [7, 11) is 0. The molecule has 150 valence electrons. The quantitative estimate of drug-likeness (QED) is 0.604. The summed E-state index contributed by atoms with van der Waals surface area (Å²) in [6.45, 7) is 3.78. The fourth-order valence-corrected chi connectivity index (χ4v) is 3.85. The van der Waals surface area contributed by atoms with Gasteiger partial charge in [-0.05, 0) is 54.5 Å². The number of hydrogen-bond donors (Lipinski definition) is 0. The van der Waals surface area contributed by atoms with E-state index in [1.807, 2.05) is 25.1 Å². The molecule has 0 radical (unpaired) electrons. The lowest BCUT2D eigenvalue weighted by Crippen LogP contribution is -2.32. The number of carbonyl (C=O) groups excluding carboxylic acids is 1. The molecule has 2 aliphatic heterocycles. The summed E-state index contributed by atoms with van der Waals surface area (Å²) in [4.78, 5) is 19.2. The number of pyridine rings is 1. The molecule has 5 nitrogen and oxygen atoms in total. The fourth-order valence-electron chi connectivity index (χ4n) is 3.85. The standard InChI is InChI=1S/C24H19FN2O3/c1-15-23-18(13-27(14-29-23)12-17-6-8-26-9-7-17)11-20-22(28)21(30-24(15)20)10-16-2-4-19(25)5-3-16/h2-11H,12-14H2,1H3/b21-10-. The third-order valence-corrected chi connectivity index (χ3v) is 5.33. The van der Waals surface area contributed by atoms with Gasteiger partial charge in [-0.25, -0.2) is 4.39 Å². The molecular formula is C24H19FN2O3. The van der Waals surface area contributed by atoms with E-state index in [2.05, 4.69) is 9.88 Å². The minimum Gasteiger partial charge on any atom is -0.477 e. The topological polar surface area (TPSA) is 51.7 Å². The Labute approximate surface area is 173 Å². The van der Waals surface area contributed by atoms with Gasteiger partial charge in [-0.2, -0.15) is 0 Å². The van der Waals surface area contributed by atoms with Gasteiger partial charge in [-0.1, -0.05) is 12.1 Å². The number of ketones is 1. The number of carbonyl (C=O) groups is 1. The molecule has 2 aromatic carbocycles. The second-order valence-electron chi connectivity index (χ2n) is 7.47. The fraction of sp³-hybridized carbons (Fsp3) is 0.167. The molecule has 0 aliphatic carbocycles. The Hall–Kier alpha value is -3.51. The molecule has 1 aromatic heterocycles. The summed E-state index contributed by atoms with van der Waals surface area (Å²) in [6, 6.07) is 11.8. The molecule has 0 N–H and O–H groups in total. The van der Waals surface area contributed by atoms with Crippen LogP contribution in [0.1, 0.15) is 32.6 Å². The number of nitrogens with zero attached hydrogens (tertiary/aromatic N) is 2. The number of Topliss-reactive ketones (excluding diaryl/α,β-unsaturated/α-hetero) is 1. The summed E-state index contributed by atoms with van der Waals surface area (Å²) in [6.07, 6.45) is 5.18. The van der Waals surface area contributed by atoms with E-state index in [9.17, 15) is 9.18 Å². The van der Waals surface area contributed by atoms with Gasteiger partial charge >= 0.3 is 0 Å². The Balaban J connectivity index is 1.43. The number of aromatic nitrogens is 1. The zero-order valence-electron chi connectivity index (χ0n) is 16.4. The first-order chi connectivity index (χ1) is 14.6. The van der Waals surface area contributed by atoms with Gasteiger partial charge in [0.1, 0.15) is 24.0 Å². The number of fused-ring (bicyclic) bond motifs is 2. The van der Waals surface area contributed by atoms with Crippen LogP contribution in [-0.2, 0) is 13.1 Å². The van der Waals surface area contributed by atoms with Gasteiger partial charge in [0.25, 0.3) is 0 Å². The smallest absolute Gasteiger partial charge is 0.231 e. The highest BCUT2D eigenvalue weighted by Gasteiger charge is 2.33. The molecule has 0 fully saturated rings. The van der Waals surface area contributed by atoms with E-state index >= 15 is 0 Å². The second-order valence-corrected chi connectivity index (χ2v) is 7.47. The molecule has 0 saturated carbocycles. The summed E-state index contributed by atoms with van der Waals surface area (Å²) in [5, 5.41) is 0. The SMILES string of the molecule is Cc1c2c(cc3c1O/C(=C\c1ccc(F)cc1)C3=O)CN(Cc1ccncc1)CO2. The lowest BCUT2D eigenvalue weighted by atomic mass is 10.00. The van der Waals surface area contributed by atoms with Crippen LogP contribution in [0.3, 0.4) is 0 Å². The summed E-state index contributed by atoms with van der Waals surface area (Å²) < 4.78 is 25.1. The average Bonchev–Trinajstić information content (AvgIpc) is 3.06. The van der Waals surface area contributed by atoms with E-state index in [0.29, 0.717) is 30.2 Å². The third kappa shape index (κ3) is 3.35. The number of ether oxygens (including phenoxy) is 2. The summed E-state index contributed by atoms with van der Waals surface area (Å²) >= 11 is 0. The van der Waals surface area contributed by atoms with Crippen molar-refractivity contribution in [3.8, 4) is 11.5 Å². The van der Waals surface area contributed by atoms with Gasteiger partial charge in [-0.15, -0.1) is 0 Å². The lowest BCUT2D eigenvalue weighted by molar-refractivity contribution is 0.0876. The van der Waals surface area contributed by atoms with E-state index in [4.69, 9.17) is 9.47 Å². The Morgan fingerprint density at radius 3 is 2.67 bits per heavy atom. The van der Waals surface area contributed by atoms with Crippen molar-refractivity contribution >= 4 is 11.9 Å². The zero-order valence-corrected chi connectivity index (χ0v) is 16.4. The molecule has 3 heterocycles. The molecule has 30 heavy (non-hydrogen) atoms. The van der Waals surface area contributed by atoms with E-state index in [0.717, 1.165) is 29.0 Å². The molecule has 2 aliphatic rings. The van der Waals surface area contributed by atoms with E-state index in [1.54, 1.807) is 30.6 Å². The molecular weight excluding hydrogens is 383 g/mol. The molecule has 0 bridgehead atoms. The van der Waals surface area contributed by atoms with Crippen LogP contribution < -0.4 is 9.47 Å². The maximum absolute atomic E-state index is 13.1. The van der Waals surface area contributed by atoms with Gasteiger partial charge < -0.3 is 9.47 Å². The Morgan fingerprint density at radius 2 is 1.90 bits per heavy atom. The van der Waals surface area contributed by atoms with Crippen LogP contribution in [-0.4, -0.2) is 22.4 Å². The van der Waals surface area contributed by atoms with Gasteiger partial charge in [-0.3, -0.25) is 14.7 Å². The zero-order chi connectivity index (χ0) is 20.7. The average molecular weight is 402 g/mol. The van der Waals surface area contributed by atoms with Crippen LogP contribution in [0, 0.1) is 12.7 Å². The second kappa shape index (κ2) is 7.39. The van der Waals surface area contributed by atoms with Crippen molar-refractivity contribution < 1.29 is 18.7 Å². The van der Waals surface area contributed by atoms with Crippen LogP contribution in [0.5, 0.6) is 11.5 Å². The highest BCUT2D eigenvalue weighted by Crippen LogP contribution is 2.43. The maximum atomic E-state index is 13.1. The van der Waals surface area contributed by atoms with E-state index in [1.165, 1.54) is 12.1 Å². The van der Waals surface area contributed by atoms with Crippen LogP contribution in [0.15, 0.2) is 60.6 Å². The van der Waals surface area contributed by atoms with Crippen molar-refractivity contribution in [2.75, 3.05) is 6.73 Å². The highest BCUT2D eigenvalue weighted by atomic mass is 19.1. The van der Waals surface area contributed by atoms with Gasteiger partial charge in [0.15, 0.2) is 5.76 Å². The van der Waals surface area contributed by atoms with Gasteiger partial charge in [0, 0.05) is 36.6 Å². The molecule has 6 heteroatoms. The first-order valence-electron chi connectivity index (χ1n) is 9.69. The number of hydrogen-bond acceptors (Lipinski definition) is 5. The third-order valence-electron chi connectivity index (χ3n) is 5.33. The summed E-state index contributed by atoms with van der Waals surface area (Å²) in [5.41, 5.74) is 4.18. The predicted molar refractivity (Wildman–Crippen MR) is 109 cm³/mol. The van der Waals surface area contributed by atoms with Gasteiger partial charge in [0.05, 0.1) is 5.56 Å². The van der Waals surface area contributed by atoms with Crippen LogP contribution in [0.2, 0.25) is 0 Å². The minimum atomic E-state index is -0.323. The first-order valence-corrected chi connectivity index (χ1v) is 9.69. The lowest BCUT2D eigenvalue weighted by Gasteiger charge is -2.30. The Kier molecular flexibility index (Phi) is 4.56. The molecule has 0 amide bonds. The number of benzene rings is 2. The Bertz CT molecular complexity index is 1160. The van der Waals surface area contributed by atoms with E-state index < -0.39 is 0 Å². The Morgan fingerprint density at radius 1 is 1.13 bits per heavy atom. The van der Waals surface area contributed by atoms with E-state index in [-0.39, 0.29) is 17.4 Å². The van der Waals surface area contributed by atoms with Crippen LogP contribution in [0.4, 0.5) is 4.39 Å². The van der Waals surface area contributed by atoms with Crippen molar-refractivity contribution in [3.05, 3.63) is 94.3 Å². The maximum Gasteiger partial charge on any atom is 0.231 e. The van der Waals surface area contributed by atoms with Gasteiger partial charge in [0.2, 0.25) is 5.78 Å². The molecule has 5 rings (SSSR count). The van der Waals surface area contributed by atoms with Crippen molar-refractivity contribution in [2.24, 2.45) is 0 Å². The molecule has 0 saturated heterocycles. The van der Waals surface area contributed by atoms with Crippen molar-refractivity contribution in [2.45, 2.75) is 20.0 Å². The minimum absolute atomic E-state index is 0.175. The normalized spacial score (nSPS) is 16.7. The molecule has 0 spiro atoms. The number of halogens is 1. The molecule has 3 aromatic rings.